The van der Waals surface area contributed by atoms with Crippen molar-refractivity contribution >= 4 is 33.3 Å². The van der Waals surface area contributed by atoms with Crippen molar-refractivity contribution in [3.05, 3.63) is 52.8 Å². The molecule has 0 aliphatic rings. The zero-order valence-electron chi connectivity index (χ0n) is 14.3. The van der Waals surface area contributed by atoms with E-state index in [2.05, 4.69) is 0 Å². The lowest BCUT2D eigenvalue weighted by Crippen LogP contribution is -2.27. The Balaban J connectivity index is 2.44. The fourth-order valence-electron chi connectivity index (χ4n) is 2.18. The number of benzene rings is 2. The quantitative estimate of drug-likeness (QED) is 0.693. The Hall–Kier alpha value is -2.32. The second-order valence-corrected chi connectivity index (χ2v) is 7.53. The summed E-state index contributed by atoms with van der Waals surface area (Å²) in [5.41, 5.74) is 0.211. The molecule has 26 heavy (non-hydrogen) atoms. The molecule has 0 N–H and O–H groups in total. The van der Waals surface area contributed by atoms with Gasteiger partial charge in [-0.05, 0) is 43.3 Å². The minimum absolute atomic E-state index is 0.0361. The molecular formula is C17H17ClFNO5S. The van der Waals surface area contributed by atoms with Gasteiger partial charge >= 0.3 is 5.97 Å². The molecular weight excluding hydrogens is 385 g/mol. The van der Waals surface area contributed by atoms with Crippen LogP contribution in [0.15, 0.2) is 41.3 Å². The number of esters is 1. The Morgan fingerprint density at radius 1 is 1.23 bits per heavy atom. The van der Waals surface area contributed by atoms with Crippen LogP contribution in [-0.4, -0.2) is 35.2 Å². The van der Waals surface area contributed by atoms with Crippen molar-refractivity contribution in [2.24, 2.45) is 0 Å². The number of carbonyl (C=O) groups is 1. The van der Waals surface area contributed by atoms with Gasteiger partial charge < -0.3 is 9.47 Å². The van der Waals surface area contributed by atoms with E-state index < -0.39 is 21.8 Å². The number of sulfonamides is 1. The molecule has 0 radical (unpaired) electrons. The van der Waals surface area contributed by atoms with Gasteiger partial charge in [0.05, 0.1) is 34.9 Å². The maximum Gasteiger partial charge on any atom is 0.339 e. The highest BCUT2D eigenvalue weighted by atomic mass is 35.5. The van der Waals surface area contributed by atoms with Gasteiger partial charge in [-0.1, -0.05) is 11.6 Å². The van der Waals surface area contributed by atoms with Crippen LogP contribution in [0.2, 0.25) is 5.02 Å². The van der Waals surface area contributed by atoms with Crippen LogP contribution in [0.3, 0.4) is 0 Å². The van der Waals surface area contributed by atoms with Crippen molar-refractivity contribution in [1.29, 1.82) is 0 Å². The third kappa shape index (κ3) is 3.91. The Labute approximate surface area is 156 Å². The average molecular weight is 402 g/mol. The number of anilines is 1. The van der Waals surface area contributed by atoms with Crippen LogP contribution in [0.4, 0.5) is 10.1 Å². The maximum absolute atomic E-state index is 13.9. The number of methoxy groups -OCH3 is 1. The predicted molar refractivity (Wildman–Crippen MR) is 95.9 cm³/mol. The first-order valence-electron chi connectivity index (χ1n) is 7.51. The lowest BCUT2D eigenvalue weighted by molar-refractivity contribution is 0.0526. The molecule has 2 aromatic carbocycles. The fourth-order valence-corrected chi connectivity index (χ4v) is 3.57. The van der Waals surface area contributed by atoms with E-state index in [1.165, 1.54) is 44.5 Å². The van der Waals surface area contributed by atoms with Crippen molar-refractivity contribution in [1.82, 2.24) is 0 Å². The second-order valence-electron chi connectivity index (χ2n) is 5.15. The maximum atomic E-state index is 13.9. The lowest BCUT2D eigenvalue weighted by Gasteiger charge is -2.20. The first-order valence-corrected chi connectivity index (χ1v) is 9.33. The van der Waals surface area contributed by atoms with E-state index in [1.807, 2.05) is 0 Å². The average Bonchev–Trinajstić information content (AvgIpc) is 2.61. The molecule has 0 spiro atoms. The molecule has 0 fully saturated rings. The minimum Gasteiger partial charge on any atom is -0.494 e. The van der Waals surface area contributed by atoms with Gasteiger partial charge in [-0.25, -0.2) is 17.6 Å². The summed E-state index contributed by atoms with van der Waals surface area (Å²) < 4.78 is 50.0. The SMILES string of the molecule is CCOC(=O)c1cc(N(C)S(=O)(=O)c2ccc(OC)c(F)c2)ccc1Cl. The molecule has 0 saturated carbocycles. The molecule has 0 bridgehead atoms. The van der Waals surface area contributed by atoms with Crippen molar-refractivity contribution < 1.29 is 27.1 Å². The summed E-state index contributed by atoms with van der Waals surface area (Å²) in [6.07, 6.45) is 0. The molecule has 0 saturated heterocycles. The highest BCUT2D eigenvalue weighted by Gasteiger charge is 2.24. The van der Waals surface area contributed by atoms with E-state index in [4.69, 9.17) is 21.1 Å². The highest BCUT2D eigenvalue weighted by Crippen LogP contribution is 2.29. The monoisotopic (exact) mass is 401 g/mol. The van der Waals surface area contributed by atoms with Crippen LogP contribution in [0.25, 0.3) is 0 Å². The molecule has 9 heteroatoms. The van der Waals surface area contributed by atoms with E-state index in [0.29, 0.717) is 0 Å². The van der Waals surface area contributed by atoms with E-state index >= 15 is 0 Å². The van der Waals surface area contributed by atoms with Crippen LogP contribution in [-0.2, 0) is 14.8 Å². The van der Waals surface area contributed by atoms with Crippen LogP contribution in [0.1, 0.15) is 17.3 Å². The zero-order valence-corrected chi connectivity index (χ0v) is 15.9. The van der Waals surface area contributed by atoms with E-state index in [9.17, 15) is 17.6 Å². The van der Waals surface area contributed by atoms with Gasteiger partial charge in [0.1, 0.15) is 0 Å². The van der Waals surface area contributed by atoms with Gasteiger partial charge in [0.2, 0.25) is 0 Å². The van der Waals surface area contributed by atoms with Gasteiger partial charge in [-0.2, -0.15) is 0 Å². The number of carbonyl (C=O) groups excluding carboxylic acids is 1. The Morgan fingerprint density at radius 3 is 2.50 bits per heavy atom. The third-order valence-electron chi connectivity index (χ3n) is 3.59. The van der Waals surface area contributed by atoms with Gasteiger partial charge in [0.15, 0.2) is 11.6 Å². The van der Waals surface area contributed by atoms with Crippen molar-refractivity contribution in [3.8, 4) is 5.75 Å². The summed E-state index contributed by atoms with van der Waals surface area (Å²) in [7, 11) is -1.50. The molecule has 2 rings (SSSR count). The number of hydrogen-bond acceptors (Lipinski definition) is 5. The molecule has 0 unspecified atom stereocenters. The first-order chi connectivity index (χ1) is 12.2. The summed E-state index contributed by atoms with van der Waals surface area (Å²) in [6.45, 7) is 1.79. The van der Waals surface area contributed by atoms with Gasteiger partial charge in [0.25, 0.3) is 10.0 Å². The van der Waals surface area contributed by atoms with Crippen molar-refractivity contribution in [2.45, 2.75) is 11.8 Å². The van der Waals surface area contributed by atoms with Gasteiger partial charge in [-0.15, -0.1) is 0 Å². The number of halogens is 2. The van der Waals surface area contributed by atoms with Crippen LogP contribution in [0.5, 0.6) is 5.75 Å². The molecule has 0 aromatic heterocycles. The summed E-state index contributed by atoms with van der Waals surface area (Å²) in [4.78, 5) is 11.7. The molecule has 0 aliphatic carbocycles. The molecule has 6 nitrogen and oxygen atoms in total. The Kier molecular flexibility index (Phi) is 6.09. The number of ether oxygens (including phenoxy) is 2. The molecule has 0 amide bonds. The lowest BCUT2D eigenvalue weighted by atomic mass is 10.2. The standard InChI is InChI=1S/C17H17ClFNO5S/c1-4-25-17(21)13-9-11(5-7-14(13)18)20(2)26(22,23)12-6-8-16(24-3)15(19)10-12/h5-10H,4H2,1-3H3. The van der Waals surface area contributed by atoms with Crippen LogP contribution >= 0.6 is 11.6 Å². The smallest absolute Gasteiger partial charge is 0.339 e. The summed E-state index contributed by atoms with van der Waals surface area (Å²) in [5.74, 6) is -1.53. The van der Waals surface area contributed by atoms with E-state index in [1.54, 1.807) is 6.92 Å². The third-order valence-corrected chi connectivity index (χ3v) is 5.70. The highest BCUT2D eigenvalue weighted by molar-refractivity contribution is 7.92. The molecule has 0 aliphatic heterocycles. The molecule has 0 heterocycles. The summed E-state index contributed by atoms with van der Waals surface area (Å²) in [6, 6.07) is 7.45. The topological polar surface area (TPSA) is 72.9 Å². The zero-order chi connectivity index (χ0) is 19.5. The molecule has 140 valence electrons. The summed E-state index contributed by atoms with van der Waals surface area (Å²) >= 11 is 5.98. The summed E-state index contributed by atoms with van der Waals surface area (Å²) in [5, 5.41) is 0.133. The van der Waals surface area contributed by atoms with Crippen molar-refractivity contribution in [2.75, 3.05) is 25.1 Å². The van der Waals surface area contributed by atoms with Gasteiger partial charge in [0, 0.05) is 7.05 Å². The first kappa shape index (κ1) is 20.0. The number of rotatable bonds is 6. The largest absolute Gasteiger partial charge is 0.494 e. The minimum atomic E-state index is -4.06. The predicted octanol–water partition coefficient (Wildman–Crippen LogP) is 3.49. The fraction of sp³-hybridized carbons (Fsp3) is 0.235. The molecule has 2 aromatic rings. The second kappa shape index (κ2) is 7.92. The number of nitrogens with zero attached hydrogens (tertiary/aromatic N) is 1. The van der Waals surface area contributed by atoms with E-state index in [0.717, 1.165) is 10.4 Å². The van der Waals surface area contributed by atoms with Crippen LogP contribution < -0.4 is 9.04 Å². The molecule has 0 atom stereocenters. The van der Waals surface area contributed by atoms with Gasteiger partial charge in [-0.3, -0.25) is 4.31 Å². The number of hydrogen-bond donors (Lipinski definition) is 0. The Bertz CT molecular complexity index is 933. The van der Waals surface area contributed by atoms with Crippen LogP contribution in [0, 0.1) is 5.82 Å². The van der Waals surface area contributed by atoms with Crippen molar-refractivity contribution in [3.63, 3.8) is 0 Å². The van der Waals surface area contributed by atoms with E-state index in [-0.39, 0.29) is 33.5 Å². The normalized spacial score (nSPS) is 11.1. The Morgan fingerprint density at radius 2 is 1.92 bits per heavy atom.